The van der Waals surface area contributed by atoms with Crippen molar-refractivity contribution in [3.63, 3.8) is 0 Å². The van der Waals surface area contributed by atoms with Crippen LogP contribution in [0.15, 0.2) is 24.0 Å². The van der Waals surface area contributed by atoms with E-state index in [1.165, 1.54) is 0 Å². The molecule has 0 saturated heterocycles. The van der Waals surface area contributed by atoms with Crippen LogP contribution in [0.4, 0.5) is 0 Å². The molecule has 1 aliphatic carbocycles. The zero-order valence-corrected chi connectivity index (χ0v) is 12.7. The molecule has 1 aliphatic rings. The molecule has 0 amide bonds. The summed E-state index contributed by atoms with van der Waals surface area (Å²) in [6.07, 6.45) is 1.43. The van der Waals surface area contributed by atoms with Gasteiger partial charge in [0.2, 0.25) is 4.93 Å². The minimum atomic E-state index is -5.21. The second-order valence-corrected chi connectivity index (χ2v) is 6.23. The fraction of sp³-hybridized carbons (Fsp3) is 0.333. The number of allylic oxidation sites excluding steroid dienone is 1. The Hall–Kier alpha value is 0.0200. The van der Waals surface area contributed by atoms with Gasteiger partial charge in [-0.05, 0) is 18.2 Å². The summed E-state index contributed by atoms with van der Waals surface area (Å²) in [7, 11) is -10.2. The number of rotatable bonds is 2. The summed E-state index contributed by atoms with van der Waals surface area (Å²) in [4.78, 5) is -3.23. The van der Waals surface area contributed by atoms with Crippen LogP contribution in [0.3, 0.4) is 0 Å². The Kier molecular flexibility index (Phi) is 6.76. The first-order valence-electron chi connectivity index (χ1n) is 3.74. The van der Waals surface area contributed by atoms with Crippen molar-refractivity contribution in [2.75, 3.05) is 0 Å². The zero-order chi connectivity index (χ0) is 12.8. The second-order valence-electron chi connectivity index (χ2n) is 3.09. The van der Waals surface area contributed by atoms with Gasteiger partial charge in [0.15, 0.2) is 5.25 Å². The summed E-state index contributed by atoms with van der Waals surface area (Å²) < 4.78 is 60.7. The maximum absolute atomic E-state index is 10.8. The van der Waals surface area contributed by atoms with Gasteiger partial charge in [0.1, 0.15) is 5.76 Å². The van der Waals surface area contributed by atoms with Gasteiger partial charge in [0, 0.05) is 0 Å². The van der Waals surface area contributed by atoms with E-state index in [-0.39, 0.29) is 36.5 Å². The fourth-order valence-corrected chi connectivity index (χ4v) is 3.31. The van der Waals surface area contributed by atoms with Crippen LogP contribution >= 0.6 is 0 Å². The molecule has 102 valence electrons. The van der Waals surface area contributed by atoms with E-state index in [0.717, 1.165) is 0 Å². The minimum absolute atomic E-state index is 0. The fourth-order valence-electron chi connectivity index (χ4n) is 1.16. The number of hydrogen-bond acceptors (Lipinski definition) is 6. The van der Waals surface area contributed by atoms with Gasteiger partial charge in [-0.3, -0.25) is 9.11 Å². The topological polar surface area (TPSA) is 181 Å². The van der Waals surface area contributed by atoms with E-state index < -0.39 is 36.2 Å². The van der Waals surface area contributed by atoms with E-state index in [4.69, 9.17) is 14.2 Å². The quantitative estimate of drug-likeness (QED) is 0.289. The molecule has 12 heteroatoms. The first-order chi connectivity index (χ1) is 6.98. The monoisotopic (exact) mass is 314 g/mol. The van der Waals surface area contributed by atoms with Crippen LogP contribution in [-0.4, -0.2) is 51.8 Å². The molecule has 0 aromatic heterocycles. The molecule has 0 aromatic carbocycles. The average molecular weight is 314 g/mol. The van der Waals surface area contributed by atoms with E-state index in [1.807, 2.05) is 0 Å². The molecule has 0 saturated carbocycles. The molecule has 0 aromatic rings. The van der Waals surface area contributed by atoms with Gasteiger partial charge in [0.25, 0.3) is 10.1 Å². The van der Waals surface area contributed by atoms with Crippen molar-refractivity contribution in [1.82, 2.24) is 0 Å². The van der Waals surface area contributed by atoms with Crippen molar-refractivity contribution in [3.8, 4) is 0 Å². The van der Waals surface area contributed by atoms with Crippen LogP contribution < -0.4 is 29.6 Å². The Morgan fingerprint density at radius 1 is 1.22 bits per heavy atom. The van der Waals surface area contributed by atoms with Crippen molar-refractivity contribution in [1.29, 1.82) is 0 Å². The molecule has 0 heterocycles. The van der Waals surface area contributed by atoms with Crippen molar-refractivity contribution >= 4 is 20.2 Å². The molecule has 0 fully saturated rings. The van der Waals surface area contributed by atoms with E-state index in [2.05, 4.69) is 0 Å². The molecule has 0 aliphatic heterocycles. The summed E-state index contributed by atoms with van der Waals surface area (Å²) in [6, 6.07) is 0. The summed E-state index contributed by atoms with van der Waals surface area (Å²) in [5.74, 6) is -0.670. The molecular formula is C6H11NaO9S2. The molecule has 9 nitrogen and oxygen atoms in total. The third-order valence-corrected chi connectivity index (χ3v) is 4.46. The summed E-state index contributed by atoms with van der Waals surface area (Å²) in [6.45, 7) is 0. The predicted molar refractivity (Wildman–Crippen MR) is 56.4 cm³/mol. The van der Waals surface area contributed by atoms with Gasteiger partial charge in [-0.15, -0.1) is 0 Å². The van der Waals surface area contributed by atoms with E-state index >= 15 is 0 Å². The molecule has 6 N–H and O–H groups in total. The van der Waals surface area contributed by atoms with Gasteiger partial charge < -0.3 is 17.1 Å². The molecule has 1 rings (SSSR count). The van der Waals surface area contributed by atoms with Crippen LogP contribution in [0.1, 0.15) is 1.43 Å². The third kappa shape index (κ3) is 3.76. The minimum Gasteiger partial charge on any atom is -1.00 e. The van der Waals surface area contributed by atoms with Gasteiger partial charge >= 0.3 is 39.7 Å². The Labute approximate surface area is 126 Å². The number of aliphatic hydroxyl groups excluding tert-OH is 1. The first kappa shape index (κ1) is 20.3. The van der Waals surface area contributed by atoms with Crippen molar-refractivity contribution < 1.29 is 72.6 Å². The maximum atomic E-state index is 10.8. The second kappa shape index (κ2) is 5.98. The smallest absolute Gasteiger partial charge is 1.00 e. The SMILES string of the molecule is O.O=S(=O)(O)C1C=C(O)C=CC1(O)S(=O)(=O)O.[H-].[Na+]. The molecule has 0 radical (unpaired) electrons. The Morgan fingerprint density at radius 3 is 2.00 bits per heavy atom. The van der Waals surface area contributed by atoms with Crippen LogP contribution in [-0.2, 0) is 20.2 Å². The van der Waals surface area contributed by atoms with Crippen LogP contribution in [0.25, 0.3) is 0 Å². The van der Waals surface area contributed by atoms with E-state index in [9.17, 15) is 21.9 Å². The maximum Gasteiger partial charge on any atom is 1.00 e. The van der Waals surface area contributed by atoms with Gasteiger partial charge in [-0.1, -0.05) is 0 Å². The third-order valence-electron chi connectivity index (χ3n) is 1.96. The predicted octanol–water partition coefficient (Wildman–Crippen LogP) is -4.88. The molecule has 2 atom stereocenters. The Balaban J connectivity index is -0.000000853. The Morgan fingerprint density at radius 2 is 1.67 bits per heavy atom. The summed E-state index contributed by atoms with van der Waals surface area (Å²) in [5.41, 5.74) is 0. The van der Waals surface area contributed by atoms with Gasteiger partial charge in [-0.2, -0.15) is 16.8 Å². The Bertz CT molecular complexity index is 566. The first-order valence-corrected chi connectivity index (χ1v) is 6.68. The van der Waals surface area contributed by atoms with E-state index in [1.54, 1.807) is 0 Å². The van der Waals surface area contributed by atoms with E-state index in [0.29, 0.717) is 18.2 Å². The average Bonchev–Trinajstić information content (AvgIpc) is 2.05. The molecule has 18 heavy (non-hydrogen) atoms. The molecule has 0 bridgehead atoms. The normalized spacial score (nSPS) is 27.7. The van der Waals surface area contributed by atoms with Crippen molar-refractivity contribution in [2.45, 2.75) is 10.2 Å². The number of aliphatic hydroxyl groups is 2. The summed E-state index contributed by atoms with van der Waals surface area (Å²) >= 11 is 0. The van der Waals surface area contributed by atoms with Gasteiger partial charge in [0.05, 0.1) is 0 Å². The van der Waals surface area contributed by atoms with Gasteiger partial charge in [-0.25, -0.2) is 0 Å². The zero-order valence-electron chi connectivity index (χ0n) is 10.0. The summed E-state index contributed by atoms with van der Waals surface area (Å²) in [5, 5.41) is 16.1. The number of hydrogen-bond donors (Lipinski definition) is 4. The van der Waals surface area contributed by atoms with Crippen molar-refractivity contribution in [2.24, 2.45) is 0 Å². The molecular weight excluding hydrogens is 303 g/mol. The van der Waals surface area contributed by atoms with Crippen LogP contribution in [0.5, 0.6) is 0 Å². The standard InChI is InChI=1S/C6H8O8S2.Na.H2O.H/c7-4-1-2-6(8,16(12,13)14)5(3-4)15(9,10)11;;;/h1-3,5,7-8H,(H,9,10,11)(H,12,13,14);;1H2;/q;+1;;-1. The van der Waals surface area contributed by atoms with Crippen molar-refractivity contribution in [3.05, 3.63) is 24.0 Å². The largest absolute Gasteiger partial charge is 1.00 e. The molecule has 0 spiro atoms. The van der Waals surface area contributed by atoms with Crippen LogP contribution in [0, 0.1) is 0 Å². The molecule has 2 unspecified atom stereocenters. The van der Waals surface area contributed by atoms with Crippen LogP contribution in [0.2, 0.25) is 0 Å².